The Morgan fingerprint density at radius 1 is 1.21 bits per heavy atom. The first-order valence-corrected chi connectivity index (χ1v) is 12.1. The normalized spacial score (nSPS) is 32.1. The molecule has 0 spiro atoms. The lowest BCUT2D eigenvalue weighted by atomic mass is 9.78. The highest BCUT2D eigenvalue weighted by Gasteiger charge is 2.52. The molecule has 2 heterocycles. The summed E-state index contributed by atoms with van der Waals surface area (Å²) in [7, 11) is 0. The molecule has 4 aliphatic rings. The van der Waals surface area contributed by atoms with Crippen molar-refractivity contribution in [1.82, 2.24) is 4.90 Å². The molecule has 0 aromatic heterocycles. The van der Waals surface area contributed by atoms with Crippen LogP contribution >= 0.6 is 0 Å². The summed E-state index contributed by atoms with van der Waals surface area (Å²) < 4.78 is 6.04. The molecule has 33 heavy (non-hydrogen) atoms. The summed E-state index contributed by atoms with van der Waals surface area (Å²) in [6, 6.07) is 5.46. The van der Waals surface area contributed by atoms with Crippen molar-refractivity contribution in [3.63, 3.8) is 0 Å². The number of carbonyl (C=O) groups is 1. The molecule has 2 aliphatic carbocycles. The van der Waals surface area contributed by atoms with E-state index in [1.54, 1.807) is 13.0 Å². The molecule has 0 amide bonds. The van der Waals surface area contributed by atoms with Gasteiger partial charge in [0, 0.05) is 61.9 Å². The maximum atomic E-state index is 12.9. The summed E-state index contributed by atoms with van der Waals surface area (Å²) in [5.74, 6) is 0.819. The van der Waals surface area contributed by atoms with Crippen molar-refractivity contribution in [2.45, 2.75) is 39.2 Å². The maximum absolute atomic E-state index is 12.9. The molecule has 3 fully saturated rings. The Labute approximate surface area is 195 Å². The lowest BCUT2D eigenvalue weighted by Crippen LogP contribution is -2.49. The average molecular weight is 452 g/mol. The predicted molar refractivity (Wildman–Crippen MR) is 127 cm³/mol. The SMILES string of the molecule is C=C1CCC2C(C)=CCC3C(CN4CCN(c5ccc(C)c([N+](=O)[O-])c5)CC4)C(=O)OC3C12. The summed E-state index contributed by atoms with van der Waals surface area (Å²) in [6.07, 6.45) is 5.37. The van der Waals surface area contributed by atoms with Gasteiger partial charge in [-0.1, -0.05) is 29.9 Å². The van der Waals surface area contributed by atoms with Gasteiger partial charge in [0.25, 0.3) is 5.69 Å². The standard InChI is InChI=1S/C26H33N3O4/c1-16-5-9-21-22(26(30)33-25(21)24-18(3)6-8-20(16)24)15-27-10-12-28(13-11-27)19-7-4-17(2)23(14-19)29(31)32/h4-5,7,14,20-22,24-25H,3,6,8-13,15H2,1-2H3. The molecule has 1 aromatic carbocycles. The number of rotatable bonds is 4. The van der Waals surface area contributed by atoms with Crippen molar-refractivity contribution >= 4 is 17.3 Å². The fourth-order valence-corrected chi connectivity index (χ4v) is 6.44. The van der Waals surface area contributed by atoms with Gasteiger partial charge in [-0.25, -0.2) is 0 Å². The molecule has 1 saturated carbocycles. The van der Waals surface area contributed by atoms with Crippen LogP contribution in [0.1, 0.15) is 31.7 Å². The van der Waals surface area contributed by atoms with Crippen molar-refractivity contribution < 1.29 is 14.5 Å². The van der Waals surface area contributed by atoms with E-state index >= 15 is 0 Å². The molecular formula is C26H33N3O4. The molecule has 1 aromatic rings. The third kappa shape index (κ3) is 3.97. The Morgan fingerprint density at radius 2 is 1.97 bits per heavy atom. The van der Waals surface area contributed by atoms with Crippen molar-refractivity contribution in [2.75, 3.05) is 37.6 Å². The van der Waals surface area contributed by atoms with Gasteiger partial charge in [0.05, 0.1) is 10.8 Å². The zero-order valence-electron chi connectivity index (χ0n) is 19.5. The van der Waals surface area contributed by atoms with Crippen LogP contribution in [-0.4, -0.2) is 54.6 Å². The number of esters is 1. The number of hydrogen-bond donors (Lipinski definition) is 0. The summed E-state index contributed by atoms with van der Waals surface area (Å²) >= 11 is 0. The molecule has 2 aliphatic heterocycles. The Hall–Kier alpha value is -2.67. The van der Waals surface area contributed by atoms with Gasteiger partial charge < -0.3 is 9.64 Å². The van der Waals surface area contributed by atoms with Gasteiger partial charge in [-0.05, 0) is 45.1 Å². The van der Waals surface area contributed by atoms with E-state index in [1.807, 2.05) is 12.1 Å². The van der Waals surface area contributed by atoms with Crippen molar-refractivity contribution in [2.24, 2.45) is 23.7 Å². The zero-order chi connectivity index (χ0) is 23.3. The third-order valence-corrected chi connectivity index (χ3v) is 8.41. The Morgan fingerprint density at radius 3 is 2.70 bits per heavy atom. The van der Waals surface area contributed by atoms with Gasteiger partial charge in [-0.15, -0.1) is 0 Å². The van der Waals surface area contributed by atoms with Crippen LogP contribution in [0.25, 0.3) is 0 Å². The fourth-order valence-electron chi connectivity index (χ4n) is 6.44. The first-order chi connectivity index (χ1) is 15.8. The van der Waals surface area contributed by atoms with Gasteiger partial charge in [0.2, 0.25) is 0 Å². The van der Waals surface area contributed by atoms with Crippen LogP contribution in [0.15, 0.2) is 42.0 Å². The zero-order valence-corrected chi connectivity index (χ0v) is 19.5. The fraction of sp³-hybridized carbons (Fsp3) is 0.577. The molecular weight excluding hydrogens is 418 g/mol. The molecule has 5 rings (SSSR count). The third-order valence-electron chi connectivity index (χ3n) is 8.41. The van der Waals surface area contributed by atoms with E-state index in [0.29, 0.717) is 11.5 Å². The minimum Gasteiger partial charge on any atom is -0.461 e. The monoisotopic (exact) mass is 451 g/mol. The number of benzene rings is 1. The summed E-state index contributed by atoms with van der Waals surface area (Å²) in [5, 5.41) is 11.3. The number of aryl methyl sites for hydroxylation is 1. The van der Waals surface area contributed by atoms with Crippen LogP contribution in [0.5, 0.6) is 0 Å². The molecule has 7 nitrogen and oxygen atoms in total. The summed E-state index contributed by atoms with van der Waals surface area (Å²) in [5.41, 5.74) is 4.42. The van der Waals surface area contributed by atoms with E-state index in [1.165, 1.54) is 11.1 Å². The number of nitrogens with zero attached hydrogens (tertiary/aromatic N) is 3. The molecule has 5 atom stereocenters. The van der Waals surface area contributed by atoms with E-state index in [4.69, 9.17) is 4.74 Å². The second-order valence-electron chi connectivity index (χ2n) is 10.2. The number of nitro benzene ring substituents is 1. The highest BCUT2D eigenvalue weighted by atomic mass is 16.6. The van der Waals surface area contributed by atoms with E-state index in [9.17, 15) is 14.9 Å². The molecule has 0 bridgehead atoms. The second kappa shape index (κ2) is 8.60. The number of ether oxygens (including phenoxy) is 1. The smallest absolute Gasteiger partial charge is 0.310 e. The van der Waals surface area contributed by atoms with Crippen molar-refractivity contribution in [3.8, 4) is 0 Å². The van der Waals surface area contributed by atoms with E-state index < -0.39 is 0 Å². The van der Waals surface area contributed by atoms with E-state index in [0.717, 1.165) is 57.7 Å². The van der Waals surface area contributed by atoms with Gasteiger partial charge in [0.15, 0.2) is 0 Å². The van der Waals surface area contributed by atoms with Crippen LogP contribution in [-0.2, 0) is 9.53 Å². The molecule has 0 radical (unpaired) electrons. The van der Waals surface area contributed by atoms with Gasteiger partial charge in [-0.3, -0.25) is 19.8 Å². The number of fused-ring (bicyclic) bond motifs is 3. The van der Waals surface area contributed by atoms with Crippen LogP contribution < -0.4 is 4.90 Å². The van der Waals surface area contributed by atoms with E-state index in [-0.39, 0.29) is 40.4 Å². The molecule has 2 saturated heterocycles. The van der Waals surface area contributed by atoms with Gasteiger partial charge in [0.1, 0.15) is 6.10 Å². The highest BCUT2D eigenvalue weighted by molar-refractivity contribution is 5.76. The van der Waals surface area contributed by atoms with Crippen molar-refractivity contribution in [1.29, 1.82) is 0 Å². The summed E-state index contributed by atoms with van der Waals surface area (Å²) in [6.45, 7) is 12.3. The second-order valence-corrected chi connectivity index (χ2v) is 10.2. The Kier molecular flexibility index (Phi) is 5.77. The largest absolute Gasteiger partial charge is 0.461 e. The Bertz CT molecular complexity index is 1010. The number of anilines is 1. The summed E-state index contributed by atoms with van der Waals surface area (Å²) in [4.78, 5) is 28.5. The number of carbonyl (C=O) groups excluding carboxylic acids is 1. The number of hydrogen-bond acceptors (Lipinski definition) is 6. The van der Waals surface area contributed by atoms with Gasteiger partial charge in [-0.2, -0.15) is 0 Å². The van der Waals surface area contributed by atoms with Crippen LogP contribution in [0.2, 0.25) is 0 Å². The van der Waals surface area contributed by atoms with Crippen molar-refractivity contribution in [3.05, 3.63) is 57.7 Å². The highest BCUT2D eigenvalue weighted by Crippen LogP contribution is 2.51. The number of piperazine rings is 1. The van der Waals surface area contributed by atoms with Crippen LogP contribution in [0.3, 0.4) is 0 Å². The minimum atomic E-state index is -0.316. The first kappa shape index (κ1) is 22.1. The Balaban J connectivity index is 1.25. The molecule has 5 unspecified atom stereocenters. The number of nitro groups is 1. The predicted octanol–water partition coefficient (Wildman–Crippen LogP) is 4.12. The first-order valence-electron chi connectivity index (χ1n) is 12.1. The topological polar surface area (TPSA) is 75.9 Å². The lowest BCUT2D eigenvalue weighted by Gasteiger charge is -2.37. The quantitative estimate of drug-likeness (QED) is 0.297. The lowest BCUT2D eigenvalue weighted by molar-refractivity contribution is -0.385. The van der Waals surface area contributed by atoms with E-state index in [2.05, 4.69) is 29.4 Å². The molecule has 0 N–H and O–H groups in total. The number of allylic oxidation sites excluding steroid dienone is 2. The van der Waals surface area contributed by atoms with Crippen LogP contribution in [0.4, 0.5) is 11.4 Å². The van der Waals surface area contributed by atoms with Crippen LogP contribution in [0, 0.1) is 40.7 Å². The minimum absolute atomic E-state index is 0.0365. The maximum Gasteiger partial charge on any atom is 0.310 e. The molecule has 176 valence electrons. The van der Waals surface area contributed by atoms with Gasteiger partial charge >= 0.3 is 5.97 Å². The molecule has 7 heteroatoms. The average Bonchev–Trinajstić information content (AvgIpc) is 3.28.